The molecule has 0 unspecified atom stereocenters. The van der Waals surface area contributed by atoms with Gasteiger partial charge in [0.1, 0.15) is 0 Å². The lowest BCUT2D eigenvalue weighted by atomic mass is 9.72. The molecule has 140 valence electrons. The van der Waals surface area contributed by atoms with E-state index in [4.69, 9.17) is 5.14 Å². The molecular formula is C17H26ClN3O3S. The number of piperidine rings is 2. The molecule has 2 aliphatic heterocycles. The van der Waals surface area contributed by atoms with Gasteiger partial charge in [-0.2, -0.15) is 0 Å². The maximum Gasteiger partial charge on any atom is 0.238 e. The van der Waals surface area contributed by atoms with Crippen molar-refractivity contribution in [1.82, 2.24) is 10.2 Å². The van der Waals surface area contributed by atoms with Crippen molar-refractivity contribution in [2.75, 3.05) is 26.2 Å². The van der Waals surface area contributed by atoms with Crippen LogP contribution in [0.5, 0.6) is 0 Å². The van der Waals surface area contributed by atoms with Crippen molar-refractivity contribution in [3.05, 3.63) is 29.8 Å². The van der Waals surface area contributed by atoms with E-state index < -0.39 is 10.0 Å². The Hall–Kier alpha value is -1.15. The molecule has 0 aromatic heterocycles. The number of nitrogens with zero attached hydrogens (tertiary/aromatic N) is 1. The second-order valence-corrected chi connectivity index (χ2v) is 8.57. The van der Waals surface area contributed by atoms with Crippen LogP contribution in [-0.4, -0.2) is 45.4 Å². The second-order valence-electron chi connectivity index (χ2n) is 7.00. The van der Waals surface area contributed by atoms with Gasteiger partial charge in [-0.25, -0.2) is 13.6 Å². The van der Waals surface area contributed by atoms with E-state index in [0.29, 0.717) is 13.0 Å². The summed E-state index contributed by atoms with van der Waals surface area (Å²) < 4.78 is 22.6. The van der Waals surface area contributed by atoms with E-state index >= 15 is 0 Å². The van der Waals surface area contributed by atoms with Gasteiger partial charge in [0, 0.05) is 19.5 Å². The molecule has 6 nitrogen and oxygen atoms in total. The number of benzene rings is 1. The highest BCUT2D eigenvalue weighted by molar-refractivity contribution is 7.89. The van der Waals surface area contributed by atoms with Crippen LogP contribution in [0.1, 0.15) is 31.2 Å². The first kappa shape index (κ1) is 20.2. The Labute approximate surface area is 155 Å². The van der Waals surface area contributed by atoms with Gasteiger partial charge in [-0.15, -0.1) is 12.4 Å². The van der Waals surface area contributed by atoms with Gasteiger partial charge in [0.25, 0.3) is 0 Å². The van der Waals surface area contributed by atoms with Crippen LogP contribution >= 0.6 is 12.4 Å². The zero-order valence-corrected chi connectivity index (χ0v) is 15.9. The summed E-state index contributed by atoms with van der Waals surface area (Å²) in [6.07, 6.45) is 4.65. The number of likely N-dealkylation sites (tertiary alicyclic amines) is 1. The lowest BCUT2D eigenvalue weighted by Gasteiger charge is -2.45. The molecule has 0 bridgehead atoms. The largest absolute Gasteiger partial charge is 0.342 e. The van der Waals surface area contributed by atoms with Crippen LogP contribution in [0.2, 0.25) is 0 Å². The molecule has 2 saturated heterocycles. The van der Waals surface area contributed by atoms with E-state index in [1.54, 1.807) is 12.1 Å². The Morgan fingerprint density at radius 2 is 1.76 bits per heavy atom. The van der Waals surface area contributed by atoms with Crippen LogP contribution in [0.3, 0.4) is 0 Å². The lowest BCUT2D eigenvalue weighted by Crippen LogP contribution is -2.51. The van der Waals surface area contributed by atoms with Crippen LogP contribution in [0.15, 0.2) is 29.2 Å². The van der Waals surface area contributed by atoms with Gasteiger partial charge in [-0.1, -0.05) is 12.1 Å². The number of nitrogens with one attached hydrogen (secondary N) is 1. The number of sulfonamides is 1. The zero-order chi connectivity index (χ0) is 17.2. The molecule has 0 radical (unpaired) electrons. The zero-order valence-electron chi connectivity index (χ0n) is 14.2. The normalized spacial score (nSPS) is 20.4. The van der Waals surface area contributed by atoms with Gasteiger partial charge < -0.3 is 10.2 Å². The predicted octanol–water partition coefficient (Wildman–Crippen LogP) is 1.29. The number of primary sulfonamides is 1. The number of amides is 1. The Bertz CT molecular complexity index is 700. The first-order valence-corrected chi connectivity index (χ1v) is 10.0. The molecule has 1 amide bonds. The van der Waals surface area contributed by atoms with Gasteiger partial charge in [0.15, 0.2) is 0 Å². The summed E-state index contributed by atoms with van der Waals surface area (Å²) in [6, 6.07) is 6.59. The molecule has 0 atom stereocenters. The lowest BCUT2D eigenvalue weighted by molar-refractivity contribution is -0.138. The maximum absolute atomic E-state index is 12.2. The average molecular weight is 388 g/mol. The maximum atomic E-state index is 12.2. The summed E-state index contributed by atoms with van der Waals surface area (Å²) in [4.78, 5) is 14.3. The van der Waals surface area contributed by atoms with E-state index in [0.717, 1.165) is 50.9 Å². The SMILES string of the molecule is Cl.NS(=O)(=O)c1ccc(CCN2CC3(CCNCC3)CCC2=O)cc1. The van der Waals surface area contributed by atoms with Crippen LogP contribution < -0.4 is 10.5 Å². The minimum atomic E-state index is -3.65. The van der Waals surface area contributed by atoms with Crippen LogP contribution in [0.4, 0.5) is 0 Å². The predicted molar refractivity (Wildman–Crippen MR) is 99.1 cm³/mol. The van der Waals surface area contributed by atoms with E-state index in [1.807, 2.05) is 4.90 Å². The molecule has 0 saturated carbocycles. The molecule has 1 spiro atoms. The summed E-state index contributed by atoms with van der Waals surface area (Å²) in [5.41, 5.74) is 1.30. The highest BCUT2D eigenvalue weighted by atomic mass is 35.5. The van der Waals surface area contributed by atoms with E-state index in [2.05, 4.69) is 5.32 Å². The molecule has 2 aliphatic rings. The summed E-state index contributed by atoms with van der Waals surface area (Å²) in [6.45, 7) is 3.61. The van der Waals surface area contributed by atoms with E-state index in [1.165, 1.54) is 12.1 Å². The summed E-state index contributed by atoms with van der Waals surface area (Å²) in [5, 5.41) is 8.50. The fourth-order valence-electron chi connectivity index (χ4n) is 3.78. The molecule has 2 heterocycles. The number of carbonyl (C=O) groups is 1. The fraction of sp³-hybridized carbons (Fsp3) is 0.588. The van der Waals surface area contributed by atoms with Crippen molar-refractivity contribution in [3.63, 3.8) is 0 Å². The summed E-state index contributed by atoms with van der Waals surface area (Å²) in [5.74, 6) is 0.236. The van der Waals surface area contributed by atoms with Crippen molar-refractivity contribution in [3.8, 4) is 0 Å². The average Bonchev–Trinajstić information content (AvgIpc) is 2.56. The Kier molecular flexibility index (Phi) is 6.48. The standard InChI is InChI=1S/C17H25N3O3S.ClH/c18-24(22,23)15-3-1-14(2-4-15)6-12-20-13-17(7-5-16(20)21)8-10-19-11-9-17;/h1-4,19H,5-13H2,(H2,18,22,23);1H. The van der Waals surface area contributed by atoms with E-state index in [-0.39, 0.29) is 28.6 Å². The Balaban J connectivity index is 0.00000225. The number of nitrogens with two attached hydrogens (primary N) is 1. The fourth-order valence-corrected chi connectivity index (χ4v) is 4.30. The summed E-state index contributed by atoms with van der Waals surface area (Å²) in [7, 11) is -3.65. The Morgan fingerprint density at radius 3 is 2.36 bits per heavy atom. The molecule has 25 heavy (non-hydrogen) atoms. The van der Waals surface area contributed by atoms with Crippen molar-refractivity contribution in [2.24, 2.45) is 10.6 Å². The number of hydrogen-bond donors (Lipinski definition) is 2. The molecule has 1 aromatic rings. The van der Waals surface area contributed by atoms with E-state index in [9.17, 15) is 13.2 Å². The topological polar surface area (TPSA) is 92.5 Å². The first-order chi connectivity index (χ1) is 11.4. The van der Waals surface area contributed by atoms with Crippen molar-refractivity contribution in [1.29, 1.82) is 0 Å². The molecule has 3 rings (SSSR count). The number of carbonyl (C=O) groups excluding carboxylic acids is 1. The minimum Gasteiger partial charge on any atom is -0.342 e. The quantitative estimate of drug-likeness (QED) is 0.814. The first-order valence-electron chi connectivity index (χ1n) is 8.48. The highest BCUT2D eigenvalue weighted by Gasteiger charge is 2.39. The van der Waals surface area contributed by atoms with Gasteiger partial charge >= 0.3 is 0 Å². The summed E-state index contributed by atoms with van der Waals surface area (Å²) >= 11 is 0. The van der Waals surface area contributed by atoms with Gasteiger partial charge in [0.05, 0.1) is 4.90 Å². The minimum absolute atomic E-state index is 0. The van der Waals surface area contributed by atoms with Crippen molar-refractivity contribution in [2.45, 2.75) is 37.0 Å². The third kappa shape index (κ3) is 4.94. The second kappa shape index (κ2) is 8.03. The molecule has 8 heteroatoms. The van der Waals surface area contributed by atoms with Crippen LogP contribution in [0.25, 0.3) is 0 Å². The van der Waals surface area contributed by atoms with Crippen LogP contribution in [-0.2, 0) is 21.2 Å². The number of hydrogen-bond acceptors (Lipinski definition) is 4. The monoisotopic (exact) mass is 387 g/mol. The number of rotatable bonds is 4. The van der Waals surface area contributed by atoms with Gasteiger partial charge in [-0.3, -0.25) is 4.79 Å². The molecule has 2 fully saturated rings. The highest BCUT2D eigenvalue weighted by Crippen LogP contribution is 2.38. The third-order valence-electron chi connectivity index (χ3n) is 5.33. The smallest absolute Gasteiger partial charge is 0.238 e. The van der Waals surface area contributed by atoms with Gasteiger partial charge in [-0.05, 0) is 61.9 Å². The molecular weight excluding hydrogens is 362 g/mol. The third-order valence-corrected chi connectivity index (χ3v) is 6.26. The van der Waals surface area contributed by atoms with Gasteiger partial charge in [0.2, 0.25) is 15.9 Å². The Morgan fingerprint density at radius 1 is 1.12 bits per heavy atom. The number of halogens is 1. The van der Waals surface area contributed by atoms with Crippen molar-refractivity contribution >= 4 is 28.3 Å². The molecule has 3 N–H and O–H groups in total. The molecule has 1 aromatic carbocycles. The molecule has 0 aliphatic carbocycles. The van der Waals surface area contributed by atoms with Crippen LogP contribution in [0, 0.1) is 5.41 Å². The van der Waals surface area contributed by atoms with Crippen molar-refractivity contribution < 1.29 is 13.2 Å².